The van der Waals surface area contributed by atoms with E-state index in [9.17, 15) is 0 Å². The largest absolute Gasteiger partial charge is 0.288 e. The summed E-state index contributed by atoms with van der Waals surface area (Å²) in [7, 11) is 0. The lowest BCUT2D eigenvalue weighted by Crippen LogP contribution is -2.41. The van der Waals surface area contributed by atoms with Crippen LogP contribution in [0.4, 0.5) is 0 Å². The maximum absolute atomic E-state index is 2.62. The minimum absolute atomic E-state index is 0.732. The molecule has 0 aromatic rings. The van der Waals surface area contributed by atoms with Gasteiger partial charge in [-0.2, -0.15) is 0 Å². The fraction of sp³-hybridized carbons (Fsp3) is 1.00. The van der Waals surface area contributed by atoms with Gasteiger partial charge < -0.3 is 0 Å². The molecular weight excluding hydrogens is 136 g/mol. The summed E-state index contributed by atoms with van der Waals surface area (Å²) in [5.41, 5.74) is 0. The second-order valence-electron chi connectivity index (χ2n) is 3.76. The molecule has 11 heavy (non-hydrogen) atoms. The Balaban J connectivity index is 1.81. The Bertz CT molecular complexity index is 126. The third-order valence-corrected chi connectivity index (χ3v) is 2.93. The van der Waals surface area contributed by atoms with Crippen molar-refractivity contribution in [1.82, 2.24) is 9.80 Å². The van der Waals surface area contributed by atoms with E-state index in [0.717, 1.165) is 6.17 Å². The average Bonchev–Trinajstić information content (AvgIpc) is 2.87. The van der Waals surface area contributed by atoms with Crippen molar-refractivity contribution in [2.75, 3.05) is 26.2 Å². The van der Waals surface area contributed by atoms with Crippen molar-refractivity contribution in [2.45, 2.75) is 32.4 Å². The average molecular weight is 154 g/mol. The van der Waals surface area contributed by atoms with Gasteiger partial charge in [-0.1, -0.05) is 6.42 Å². The summed E-state index contributed by atoms with van der Waals surface area (Å²) >= 11 is 0. The van der Waals surface area contributed by atoms with Crippen LogP contribution in [0.1, 0.15) is 26.2 Å². The molecule has 0 aliphatic carbocycles. The van der Waals surface area contributed by atoms with E-state index in [4.69, 9.17) is 0 Å². The van der Waals surface area contributed by atoms with Gasteiger partial charge in [0.1, 0.15) is 0 Å². The molecule has 0 bridgehead atoms. The lowest BCUT2D eigenvalue weighted by Gasteiger charge is -2.32. The van der Waals surface area contributed by atoms with E-state index in [1.807, 2.05) is 0 Å². The predicted molar refractivity (Wildman–Crippen MR) is 46.5 cm³/mol. The SMILES string of the molecule is CC(N1CCCCC1)N1CC1. The summed E-state index contributed by atoms with van der Waals surface area (Å²) in [5, 5.41) is 0. The van der Waals surface area contributed by atoms with E-state index >= 15 is 0 Å². The van der Waals surface area contributed by atoms with E-state index < -0.39 is 0 Å². The topological polar surface area (TPSA) is 6.25 Å². The number of rotatable bonds is 2. The van der Waals surface area contributed by atoms with E-state index in [2.05, 4.69) is 16.7 Å². The van der Waals surface area contributed by atoms with Gasteiger partial charge in [0.05, 0.1) is 6.17 Å². The van der Waals surface area contributed by atoms with Crippen LogP contribution in [0.15, 0.2) is 0 Å². The van der Waals surface area contributed by atoms with Gasteiger partial charge in [-0.3, -0.25) is 9.80 Å². The Labute approximate surface area is 69.2 Å². The first-order chi connectivity index (χ1) is 5.38. The zero-order valence-electron chi connectivity index (χ0n) is 7.42. The summed E-state index contributed by atoms with van der Waals surface area (Å²) < 4.78 is 0. The zero-order chi connectivity index (χ0) is 7.68. The molecular formula is C9H18N2. The normalized spacial score (nSPS) is 30.3. The van der Waals surface area contributed by atoms with Gasteiger partial charge in [0.15, 0.2) is 0 Å². The summed E-state index contributed by atoms with van der Waals surface area (Å²) in [6.45, 7) is 7.67. The smallest absolute Gasteiger partial charge is 0.0594 e. The van der Waals surface area contributed by atoms with E-state index in [0.29, 0.717) is 0 Å². The van der Waals surface area contributed by atoms with Gasteiger partial charge in [0.2, 0.25) is 0 Å². The molecule has 0 aromatic carbocycles. The van der Waals surface area contributed by atoms with Crippen LogP contribution in [-0.2, 0) is 0 Å². The molecule has 0 spiro atoms. The highest BCUT2D eigenvalue weighted by molar-refractivity contribution is 4.81. The first kappa shape index (κ1) is 7.56. The van der Waals surface area contributed by atoms with Crippen molar-refractivity contribution in [2.24, 2.45) is 0 Å². The van der Waals surface area contributed by atoms with Gasteiger partial charge in [-0.05, 0) is 32.9 Å². The minimum Gasteiger partial charge on any atom is -0.288 e. The molecule has 2 fully saturated rings. The highest BCUT2D eigenvalue weighted by Gasteiger charge is 2.28. The standard InChI is InChI=1S/C9H18N2/c1-9(11-7-8-11)10-5-3-2-4-6-10/h9H,2-8H2,1H3. The summed E-state index contributed by atoms with van der Waals surface area (Å²) in [6.07, 6.45) is 5.01. The van der Waals surface area contributed by atoms with Crippen LogP contribution in [0.5, 0.6) is 0 Å². The van der Waals surface area contributed by atoms with Crippen LogP contribution in [0.25, 0.3) is 0 Å². The Morgan fingerprint density at radius 2 is 1.36 bits per heavy atom. The summed E-state index contributed by atoms with van der Waals surface area (Å²) in [6, 6.07) is 0. The maximum Gasteiger partial charge on any atom is 0.0594 e. The van der Waals surface area contributed by atoms with Crippen LogP contribution in [-0.4, -0.2) is 42.1 Å². The number of likely N-dealkylation sites (tertiary alicyclic amines) is 1. The van der Waals surface area contributed by atoms with Gasteiger partial charge in [0.25, 0.3) is 0 Å². The fourth-order valence-corrected chi connectivity index (χ4v) is 1.95. The molecule has 2 rings (SSSR count). The van der Waals surface area contributed by atoms with Crippen LogP contribution in [0.2, 0.25) is 0 Å². The lowest BCUT2D eigenvalue weighted by atomic mass is 10.1. The van der Waals surface area contributed by atoms with Gasteiger partial charge >= 0.3 is 0 Å². The Morgan fingerprint density at radius 1 is 0.818 bits per heavy atom. The molecule has 2 heteroatoms. The Morgan fingerprint density at radius 3 is 1.91 bits per heavy atom. The molecule has 0 saturated carbocycles. The molecule has 0 aromatic heterocycles. The molecule has 1 unspecified atom stereocenters. The quantitative estimate of drug-likeness (QED) is 0.550. The molecule has 2 aliphatic rings. The molecule has 2 saturated heterocycles. The molecule has 2 nitrogen and oxygen atoms in total. The summed E-state index contributed by atoms with van der Waals surface area (Å²) in [4.78, 5) is 5.15. The predicted octanol–water partition coefficient (Wildman–Crippen LogP) is 1.13. The van der Waals surface area contributed by atoms with E-state index in [1.165, 1.54) is 45.4 Å². The maximum atomic E-state index is 2.62. The third kappa shape index (κ3) is 1.74. The number of piperidine rings is 1. The van der Waals surface area contributed by atoms with Gasteiger partial charge in [0, 0.05) is 13.1 Å². The molecule has 0 radical (unpaired) electrons. The summed E-state index contributed by atoms with van der Waals surface area (Å²) in [5.74, 6) is 0. The highest BCUT2D eigenvalue weighted by Crippen LogP contribution is 2.18. The molecule has 0 N–H and O–H groups in total. The molecule has 1 atom stereocenters. The van der Waals surface area contributed by atoms with Crippen molar-refractivity contribution in [1.29, 1.82) is 0 Å². The van der Waals surface area contributed by atoms with Crippen LogP contribution in [0, 0.1) is 0 Å². The number of hydrogen-bond donors (Lipinski definition) is 0. The van der Waals surface area contributed by atoms with Crippen molar-refractivity contribution >= 4 is 0 Å². The van der Waals surface area contributed by atoms with E-state index in [1.54, 1.807) is 0 Å². The van der Waals surface area contributed by atoms with E-state index in [-0.39, 0.29) is 0 Å². The van der Waals surface area contributed by atoms with Crippen molar-refractivity contribution in [3.05, 3.63) is 0 Å². The first-order valence-electron chi connectivity index (χ1n) is 4.86. The van der Waals surface area contributed by atoms with Crippen LogP contribution < -0.4 is 0 Å². The van der Waals surface area contributed by atoms with Gasteiger partial charge in [-0.25, -0.2) is 0 Å². The number of nitrogens with zero attached hydrogens (tertiary/aromatic N) is 2. The van der Waals surface area contributed by atoms with Gasteiger partial charge in [-0.15, -0.1) is 0 Å². The third-order valence-electron chi connectivity index (χ3n) is 2.93. The van der Waals surface area contributed by atoms with Crippen molar-refractivity contribution in [3.8, 4) is 0 Å². The first-order valence-corrected chi connectivity index (χ1v) is 4.86. The fourth-order valence-electron chi connectivity index (χ4n) is 1.95. The minimum atomic E-state index is 0.732. The molecule has 64 valence electrons. The monoisotopic (exact) mass is 154 g/mol. The molecule has 2 heterocycles. The second-order valence-corrected chi connectivity index (χ2v) is 3.76. The number of hydrogen-bond acceptors (Lipinski definition) is 2. The van der Waals surface area contributed by atoms with Crippen LogP contribution >= 0.6 is 0 Å². The van der Waals surface area contributed by atoms with Crippen LogP contribution in [0.3, 0.4) is 0 Å². The second kappa shape index (κ2) is 3.11. The van der Waals surface area contributed by atoms with Crippen molar-refractivity contribution in [3.63, 3.8) is 0 Å². The highest BCUT2D eigenvalue weighted by atomic mass is 15.4. The lowest BCUT2D eigenvalue weighted by molar-refractivity contribution is 0.108. The Kier molecular flexibility index (Phi) is 2.14. The molecule has 0 amide bonds. The molecule has 2 aliphatic heterocycles. The zero-order valence-corrected chi connectivity index (χ0v) is 7.42. The Hall–Kier alpha value is -0.0800. The van der Waals surface area contributed by atoms with Crippen molar-refractivity contribution < 1.29 is 0 Å².